The third-order valence-electron chi connectivity index (χ3n) is 7.63. The van der Waals surface area contributed by atoms with E-state index in [0.29, 0.717) is 26.1 Å². The van der Waals surface area contributed by atoms with Crippen molar-refractivity contribution in [2.45, 2.75) is 64.3 Å². The maximum atomic E-state index is 12.4. The highest BCUT2D eigenvalue weighted by Gasteiger charge is 2.49. The molecule has 1 atom stereocenters. The molecular weight excluding hydrogens is 559 g/mol. The van der Waals surface area contributed by atoms with Crippen LogP contribution < -0.4 is 15.1 Å². The van der Waals surface area contributed by atoms with Gasteiger partial charge in [-0.15, -0.1) is 11.3 Å². The summed E-state index contributed by atoms with van der Waals surface area (Å²) in [7, 11) is -0.887. The Morgan fingerprint density at radius 1 is 0.929 bits per heavy atom. The highest BCUT2D eigenvalue weighted by Crippen LogP contribution is 2.37. The van der Waals surface area contributed by atoms with Crippen LogP contribution in [-0.2, 0) is 26.8 Å². The first-order valence-corrected chi connectivity index (χ1v) is 17.5. The second kappa shape index (κ2) is 14.8. The molecule has 0 aliphatic carbocycles. The van der Waals surface area contributed by atoms with E-state index < -0.39 is 8.32 Å². The van der Waals surface area contributed by atoms with Crippen LogP contribution >= 0.6 is 11.3 Å². The van der Waals surface area contributed by atoms with Crippen molar-refractivity contribution in [2.75, 3.05) is 20.3 Å². The van der Waals surface area contributed by atoms with Gasteiger partial charge in [0.2, 0.25) is 0 Å². The summed E-state index contributed by atoms with van der Waals surface area (Å²) >= 11 is 1.69. The average molecular weight is 602 g/mol. The van der Waals surface area contributed by atoms with Crippen molar-refractivity contribution in [3.05, 3.63) is 107 Å². The summed E-state index contributed by atoms with van der Waals surface area (Å²) in [5.74, 6) is 0.600. The van der Waals surface area contributed by atoms with E-state index in [9.17, 15) is 4.79 Å². The van der Waals surface area contributed by atoms with Gasteiger partial charge < -0.3 is 13.9 Å². The zero-order valence-corrected chi connectivity index (χ0v) is 27.3. The summed E-state index contributed by atoms with van der Waals surface area (Å²) in [6.45, 7) is 9.81. The largest absolute Gasteiger partial charge is 0.497 e. The number of esters is 1. The molecular formula is C35H43NO4SSi. The van der Waals surface area contributed by atoms with Crippen LogP contribution in [0.15, 0.2) is 90.3 Å². The van der Waals surface area contributed by atoms with Crippen LogP contribution in [0.5, 0.6) is 5.75 Å². The van der Waals surface area contributed by atoms with Crippen LogP contribution in [0.3, 0.4) is 0 Å². The summed E-state index contributed by atoms with van der Waals surface area (Å²) in [4.78, 5) is 17.4. The molecule has 0 aliphatic heterocycles. The van der Waals surface area contributed by atoms with Gasteiger partial charge in [-0.1, -0.05) is 93.6 Å². The number of ether oxygens (including phenoxy) is 2. The molecule has 1 heterocycles. The molecule has 0 amide bonds. The average Bonchev–Trinajstić information content (AvgIpc) is 3.44. The molecule has 1 unspecified atom stereocenters. The molecule has 0 N–H and O–H groups in total. The Labute approximate surface area is 256 Å². The number of aromatic nitrogens is 1. The zero-order valence-electron chi connectivity index (χ0n) is 25.5. The number of carbonyl (C=O) groups excluding carboxylic acids is 1. The molecule has 7 heteroatoms. The highest BCUT2D eigenvalue weighted by atomic mass is 32.1. The molecule has 1 aromatic heterocycles. The van der Waals surface area contributed by atoms with Crippen LogP contribution in [-0.4, -0.2) is 39.6 Å². The van der Waals surface area contributed by atoms with Gasteiger partial charge in [-0.2, -0.15) is 0 Å². The van der Waals surface area contributed by atoms with Gasteiger partial charge in [0.05, 0.1) is 30.8 Å². The Kier molecular flexibility index (Phi) is 11.1. The number of hydrogen-bond acceptors (Lipinski definition) is 6. The van der Waals surface area contributed by atoms with Crippen molar-refractivity contribution in [3.8, 4) is 5.75 Å². The number of carbonyl (C=O) groups is 1. The maximum Gasteiger partial charge on any atom is 0.306 e. The summed E-state index contributed by atoms with van der Waals surface area (Å²) < 4.78 is 17.6. The number of hydrogen-bond donors (Lipinski definition) is 0. The third kappa shape index (κ3) is 7.76. The Morgan fingerprint density at radius 3 is 2.10 bits per heavy atom. The lowest BCUT2D eigenvalue weighted by atomic mass is 9.91. The molecule has 222 valence electrons. The van der Waals surface area contributed by atoms with Crippen LogP contribution in [0.2, 0.25) is 5.04 Å². The fourth-order valence-corrected chi connectivity index (χ4v) is 11.1. The Hall–Kier alpha value is -3.26. The molecule has 4 rings (SSSR count). The van der Waals surface area contributed by atoms with Gasteiger partial charge in [-0.3, -0.25) is 4.79 Å². The molecule has 3 aromatic carbocycles. The van der Waals surface area contributed by atoms with Crippen LogP contribution in [0, 0.1) is 0 Å². The minimum Gasteiger partial charge on any atom is -0.497 e. The van der Waals surface area contributed by atoms with E-state index in [1.165, 1.54) is 10.4 Å². The second-order valence-electron chi connectivity index (χ2n) is 11.5. The lowest BCUT2D eigenvalue weighted by Gasteiger charge is -2.43. The fourth-order valence-electron chi connectivity index (χ4n) is 5.63. The molecule has 42 heavy (non-hydrogen) atoms. The van der Waals surface area contributed by atoms with Gasteiger partial charge >= 0.3 is 5.97 Å². The summed E-state index contributed by atoms with van der Waals surface area (Å²) in [6, 6.07) is 29.5. The van der Waals surface area contributed by atoms with Crippen molar-refractivity contribution < 1.29 is 18.7 Å². The lowest BCUT2D eigenvalue weighted by molar-refractivity contribution is -0.143. The Balaban J connectivity index is 1.45. The Bertz CT molecular complexity index is 1340. The van der Waals surface area contributed by atoms with Gasteiger partial charge in [0, 0.05) is 18.4 Å². The van der Waals surface area contributed by atoms with Crippen LogP contribution in [0.25, 0.3) is 0 Å². The molecule has 0 aliphatic rings. The molecule has 0 spiro atoms. The number of benzene rings is 3. The lowest BCUT2D eigenvalue weighted by Crippen LogP contribution is -2.66. The molecule has 0 bridgehead atoms. The number of methoxy groups -OCH3 is 1. The van der Waals surface area contributed by atoms with Gasteiger partial charge in [0.1, 0.15) is 5.75 Å². The van der Waals surface area contributed by atoms with E-state index in [4.69, 9.17) is 18.9 Å². The van der Waals surface area contributed by atoms with E-state index in [1.54, 1.807) is 18.4 Å². The number of rotatable bonds is 14. The van der Waals surface area contributed by atoms with Crippen LogP contribution in [0.4, 0.5) is 0 Å². The summed E-state index contributed by atoms with van der Waals surface area (Å²) in [6.07, 6.45) is 2.75. The molecule has 5 nitrogen and oxygen atoms in total. The van der Waals surface area contributed by atoms with Crippen molar-refractivity contribution in [1.29, 1.82) is 0 Å². The molecule has 0 saturated heterocycles. The number of aryl methyl sites for hydroxylation is 1. The second-order valence-corrected chi connectivity index (χ2v) is 16.8. The van der Waals surface area contributed by atoms with Gasteiger partial charge in [0.25, 0.3) is 8.32 Å². The smallest absolute Gasteiger partial charge is 0.306 e. The van der Waals surface area contributed by atoms with E-state index in [1.807, 2.05) is 31.2 Å². The third-order valence-corrected chi connectivity index (χ3v) is 13.6. The van der Waals surface area contributed by atoms with Gasteiger partial charge in [-0.25, -0.2) is 4.98 Å². The maximum absolute atomic E-state index is 12.4. The van der Waals surface area contributed by atoms with Gasteiger partial charge in [0.15, 0.2) is 0 Å². The van der Waals surface area contributed by atoms with Gasteiger partial charge in [-0.05, 0) is 58.8 Å². The van der Waals surface area contributed by atoms with E-state index >= 15 is 0 Å². The SMILES string of the molecule is CCOC(=O)CC(Cc1csc(CCCO[Si](c2ccccc2)(c2ccccc2)C(C)(C)C)n1)c1ccc(OC)cc1. The van der Waals surface area contributed by atoms with Crippen LogP contribution in [0.1, 0.15) is 62.7 Å². The van der Waals surface area contributed by atoms with Crippen molar-refractivity contribution >= 4 is 36.0 Å². The van der Waals surface area contributed by atoms with E-state index in [-0.39, 0.29) is 16.9 Å². The monoisotopic (exact) mass is 601 g/mol. The minimum absolute atomic E-state index is 0.0108. The molecule has 0 saturated carbocycles. The predicted octanol–water partition coefficient (Wildman–Crippen LogP) is 6.94. The molecule has 0 radical (unpaired) electrons. The Morgan fingerprint density at radius 2 is 1.55 bits per heavy atom. The normalized spacial score (nSPS) is 12.6. The van der Waals surface area contributed by atoms with E-state index in [2.05, 4.69) is 86.8 Å². The van der Waals surface area contributed by atoms with Crippen molar-refractivity contribution in [2.24, 2.45) is 0 Å². The topological polar surface area (TPSA) is 57.7 Å². The minimum atomic E-state index is -2.54. The first-order valence-electron chi connectivity index (χ1n) is 14.7. The summed E-state index contributed by atoms with van der Waals surface area (Å²) in [5.41, 5.74) is 2.09. The fraction of sp³-hybridized carbons (Fsp3) is 0.371. The number of nitrogens with zero attached hydrogens (tertiary/aromatic N) is 1. The molecule has 4 aromatic rings. The number of thiazole rings is 1. The van der Waals surface area contributed by atoms with E-state index in [0.717, 1.165) is 34.9 Å². The summed E-state index contributed by atoms with van der Waals surface area (Å²) in [5, 5.41) is 5.78. The first kappa shape index (κ1) is 31.7. The van der Waals surface area contributed by atoms with Crippen molar-refractivity contribution in [1.82, 2.24) is 4.98 Å². The quantitative estimate of drug-likeness (QED) is 0.0890. The zero-order chi connectivity index (χ0) is 30.0. The standard InChI is InChI=1S/C35H43NO4SSi/c1-6-39-34(37)25-28(27-19-21-30(38-5)22-20-27)24-29-26-41-33(36-29)18-13-23-40-42(35(2,3)4,31-14-9-7-10-15-31)32-16-11-8-12-17-32/h7-12,14-17,19-22,26,28H,6,13,18,23-25H2,1-5H3. The first-order chi connectivity index (χ1) is 20.3. The molecule has 0 fully saturated rings. The van der Waals surface area contributed by atoms with Crippen molar-refractivity contribution in [3.63, 3.8) is 0 Å². The predicted molar refractivity (Wildman–Crippen MR) is 175 cm³/mol. The highest BCUT2D eigenvalue weighted by molar-refractivity contribution is 7.09.